The number of hydrazone groups is 1. The van der Waals surface area contributed by atoms with Crippen LogP contribution in [0, 0.1) is 27.4 Å². The number of benzene rings is 1. The Hall–Kier alpha value is -3.56. The van der Waals surface area contributed by atoms with Gasteiger partial charge in [0.15, 0.2) is 5.78 Å². The van der Waals surface area contributed by atoms with Crippen molar-refractivity contribution < 1.29 is 24.0 Å². The summed E-state index contributed by atoms with van der Waals surface area (Å²) in [4.78, 5) is 51.9. The second kappa shape index (κ2) is 7.00. The molecule has 3 aliphatic rings. The van der Waals surface area contributed by atoms with E-state index in [1.54, 1.807) is 37.9 Å². The number of carbonyl (C=O) groups excluding carboxylic acids is 3. The maximum atomic E-state index is 13.6. The highest BCUT2D eigenvalue weighted by Gasteiger charge is 2.65. The van der Waals surface area contributed by atoms with E-state index >= 15 is 0 Å². The van der Waals surface area contributed by atoms with Crippen molar-refractivity contribution in [3.8, 4) is 5.75 Å². The van der Waals surface area contributed by atoms with E-state index < -0.39 is 46.1 Å². The Kier molecular flexibility index (Phi) is 4.68. The van der Waals surface area contributed by atoms with Gasteiger partial charge in [-0.05, 0) is 12.1 Å². The molecule has 0 aliphatic carbocycles. The summed E-state index contributed by atoms with van der Waals surface area (Å²) in [6.07, 6.45) is 4.95. The van der Waals surface area contributed by atoms with Crippen LogP contribution in [0.15, 0.2) is 35.5 Å². The molecule has 0 saturated carbocycles. The summed E-state index contributed by atoms with van der Waals surface area (Å²) < 4.78 is 5.26. The van der Waals surface area contributed by atoms with Gasteiger partial charge >= 0.3 is 0 Å². The number of ether oxygens (including phenoxy) is 1. The summed E-state index contributed by atoms with van der Waals surface area (Å²) in [5.41, 5.74) is -1.04. The van der Waals surface area contributed by atoms with E-state index in [1.807, 2.05) is 0 Å². The van der Waals surface area contributed by atoms with Gasteiger partial charge in [0.1, 0.15) is 17.5 Å². The molecule has 1 aromatic rings. The molecule has 0 spiro atoms. The molecular formula is C21H22N4O6. The van der Waals surface area contributed by atoms with Crippen molar-refractivity contribution in [2.45, 2.75) is 32.9 Å². The minimum atomic E-state index is -0.951. The molecule has 2 amide bonds. The molecule has 1 aromatic carbocycles. The van der Waals surface area contributed by atoms with E-state index in [-0.39, 0.29) is 22.9 Å². The quantitative estimate of drug-likeness (QED) is 0.409. The van der Waals surface area contributed by atoms with Gasteiger partial charge in [-0.3, -0.25) is 29.5 Å². The van der Waals surface area contributed by atoms with E-state index in [4.69, 9.17) is 4.74 Å². The Morgan fingerprint density at radius 2 is 1.87 bits per heavy atom. The number of rotatable bonds is 4. The van der Waals surface area contributed by atoms with E-state index in [1.165, 1.54) is 25.5 Å². The number of hydrogen-bond donors (Lipinski definition) is 0. The highest BCUT2D eigenvalue weighted by Crippen LogP contribution is 2.48. The minimum absolute atomic E-state index is 0.00195. The number of allylic oxidation sites excluding steroid dienone is 1. The molecule has 4 rings (SSSR count). The number of Topliss-reactive ketones (excluding diaryl/α,β-unsaturated/α-hetero) is 1. The molecule has 0 N–H and O–H groups in total. The number of amides is 2. The summed E-state index contributed by atoms with van der Waals surface area (Å²) >= 11 is 0. The first-order chi connectivity index (χ1) is 14.6. The molecule has 2 saturated heterocycles. The second-order valence-corrected chi connectivity index (χ2v) is 8.76. The molecule has 0 radical (unpaired) electrons. The van der Waals surface area contributed by atoms with Crippen LogP contribution < -0.4 is 9.64 Å². The van der Waals surface area contributed by atoms with Gasteiger partial charge < -0.3 is 4.74 Å². The number of nitrogens with zero attached hydrogens (tertiary/aromatic N) is 4. The van der Waals surface area contributed by atoms with Gasteiger partial charge in [-0.15, -0.1) is 0 Å². The fraction of sp³-hybridized carbons (Fsp3) is 0.429. The summed E-state index contributed by atoms with van der Waals surface area (Å²) in [6.45, 7) is 5.26. The van der Waals surface area contributed by atoms with Crippen LogP contribution in [-0.2, 0) is 14.4 Å². The van der Waals surface area contributed by atoms with Gasteiger partial charge in [0, 0.05) is 23.8 Å². The Bertz CT molecular complexity index is 1060. The van der Waals surface area contributed by atoms with Crippen molar-refractivity contribution in [1.82, 2.24) is 5.01 Å². The summed E-state index contributed by atoms with van der Waals surface area (Å²) in [5.74, 6) is -2.95. The molecule has 162 valence electrons. The molecular weight excluding hydrogens is 404 g/mol. The van der Waals surface area contributed by atoms with Crippen molar-refractivity contribution in [1.29, 1.82) is 0 Å². The number of nitro groups is 1. The normalized spacial score (nSPS) is 26.8. The van der Waals surface area contributed by atoms with Crippen LogP contribution in [-0.4, -0.2) is 52.9 Å². The Labute approximate surface area is 178 Å². The fourth-order valence-electron chi connectivity index (χ4n) is 4.49. The van der Waals surface area contributed by atoms with Gasteiger partial charge in [0.25, 0.3) is 5.69 Å². The first-order valence-electron chi connectivity index (χ1n) is 9.81. The first kappa shape index (κ1) is 20.7. The van der Waals surface area contributed by atoms with E-state index in [2.05, 4.69) is 5.10 Å². The van der Waals surface area contributed by atoms with Crippen molar-refractivity contribution in [2.24, 2.45) is 22.4 Å². The monoisotopic (exact) mass is 426 g/mol. The molecule has 2 fully saturated rings. The third-order valence-electron chi connectivity index (χ3n) is 5.91. The lowest BCUT2D eigenvalue weighted by molar-refractivity contribution is -0.384. The molecule has 0 aromatic heterocycles. The maximum Gasteiger partial charge on any atom is 0.271 e. The molecule has 10 heteroatoms. The predicted molar refractivity (Wildman–Crippen MR) is 111 cm³/mol. The predicted octanol–water partition coefficient (Wildman–Crippen LogP) is 1.93. The SMILES string of the molecule is COc1ccc([N+](=O)[O-])cc1N1C(=O)[C@@H]2[C@H](C1=O)[C@H](C(=O)C(C)(C)C)N1N=CC=C[C@@H]21. The van der Waals surface area contributed by atoms with E-state index in [0.29, 0.717) is 0 Å². The standard InChI is InChI=1S/C21H22N4O6/c1-21(2,3)18(26)17-16-15(12-6-5-9-22-24(12)17)19(27)23(20(16)28)13-10-11(25(29)30)7-8-14(13)31-4/h5-10,12,15-17H,1-4H3/t12-,15-,16-,17+/m0/s1. The number of anilines is 1. The average Bonchev–Trinajstić information content (AvgIpc) is 3.19. The number of non-ortho nitro benzene ring substituents is 1. The zero-order valence-electron chi connectivity index (χ0n) is 17.5. The summed E-state index contributed by atoms with van der Waals surface area (Å²) in [6, 6.07) is 2.25. The van der Waals surface area contributed by atoms with Gasteiger partial charge in [0.05, 0.1) is 29.9 Å². The Balaban J connectivity index is 1.83. The number of hydrogen-bond acceptors (Lipinski definition) is 8. The lowest BCUT2D eigenvalue weighted by Gasteiger charge is -2.33. The minimum Gasteiger partial charge on any atom is -0.495 e. The number of methoxy groups -OCH3 is 1. The molecule has 0 unspecified atom stereocenters. The van der Waals surface area contributed by atoms with Crippen molar-refractivity contribution in [3.63, 3.8) is 0 Å². The Morgan fingerprint density at radius 3 is 2.48 bits per heavy atom. The van der Waals surface area contributed by atoms with Crippen LogP contribution in [0.25, 0.3) is 0 Å². The largest absolute Gasteiger partial charge is 0.495 e. The van der Waals surface area contributed by atoms with Crippen LogP contribution in [0.4, 0.5) is 11.4 Å². The highest BCUT2D eigenvalue weighted by atomic mass is 16.6. The number of nitro benzene ring substituents is 1. The third-order valence-corrected chi connectivity index (χ3v) is 5.91. The fourth-order valence-corrected chi connectivity index (χ4v) is 4.49. The zero-order chi connectivity index (χ0) is 22.7. The lowest BCUT2D eigenvalue weighted by Crippen LogP contribution is -2.49. The van der Waals surface area contributed by atoms with Crippen LogP contribution >= 0.6 is 0 Å². The highest BCUT2D eigenvalue weighted by molar-refractivity contribution is 6.25. The van der Waals surface area contributed by atoms with Crippen LogP contribution in [0.5, 0.6) is 5.75 Å². The number of carbonyl (C=O) groups is 3. The number of imide groups is 1. The lowest BCUT2D eigenvalue weighted by atomic mass is 9.80. The maximum absolute atomic E-state index is 13.6. The van der Waals surface area contributed by atoms with Crippen LogP contribution in [0.2, 0.25) is 0 Å². The summed E-state index contributed by atoms with van der Waals surface area (Å²) in [7, 11) is 1.35. The molecule has 31 heavy (non-hydrogen) atoms. The van der Waals surface area contributed by atoms with Gasteiger partial charge in [-0.1, -0.05) is 26.8 Å². The summed E-state index contributed by atoms with van der Waals surface area (Å²) in [5, 5.41) is 17.1. The Morgan fingerprint density at radius 1 is 1.19 bits per heavy atom. The molecule has 3 aliphatic heterocycles. The van der Waals surface area contributed by atoms with Crippen molar-refractivity contribution >= 4 is 35.2 Å². The van der Waals surface area contributed by atoms with Gasteiger partial charge in [0.2, 0.25) is 11.8 Å². The smallest absolute Gasteiger partial charge is 0.271 e. The van der Waals surface area contributed by atoms with Gasteiger partial charge in [-0.25, -0.2) is 4.90 Å². The molecule has 3 heterocycles. The van der Waals surface area contributed by atoms with Crippen LogP contribution in [0.3, 0.4) is 0 Å². The van der Waals surface area contributed by atoms with Crippen molar-refractivity contribution in [3.05, 3.63) is 40.5 Å². The third kappa shape index (κ3) is 3.01. The average molecular weight is 426 g/mol. The zero-order valence-corrected chi connectivity index (χ0v) is 17.5. The van der Waals surface area contributed by atoms with Crippen molar-refractivity contribution in [2.75, 3.05) is 12.0 Å². The topological polar surface area (TPSA) is 122 Å². The first-order valence-corrected chi connectivity index (χ1v) is 9.81. The second-order valence-electron chi connectivity index (χ2n) is 8.76. The molecule has 0 bridgehead atoms. The van der Waals surface area contributed by atoms with Crippen LogP contribution in [0.1, 0.15) is 20.8 Å². The number of fused-ring (bicyclic) bond motifs is 3. The van der Waals surface area contributed by atoms with Gasteiger partial charge in [-0.2, -0.15) is 5.10 Å². The molecule has 10 nitrogen and oxygen atoms in total. The number of ketones is 1. The molecule has 4 atom stereocenters. The van der Waals surface area contributed by atoms with E-state index in [9.17, 15) is 24.5 Å². The van der Waals surface area contributed by atoms with E-state index in [0.717, 1.165) is 11.0 Å².